The zero-order valence-corrected chi connectivity index (χ0v) is 9.35. The van der Waals surface area contributed by atoms with E-state index < -0.39 is 6.04 Å². The highest BCUT2D eigenvalue weighted by Gasteiger charge is 2.23. The van der Waals surface area contributed by atoms with Crippen LogP contribution in [0, 0.1) is 5.92 Å². The van der Waals surface area contributed by atoms with Crippen molar-refractivity contribution < 1.29 is 4.79 Å². The fourth-order valence-electron chi connectivity index (χ4n) is 0.808. The normalized spacial score (nSPS) is 14.4. The van der Waals surface area contributed by atoms with Crippen molar-refractivity contribution in [2.75, 3.05) is 0 Å². The summed E-state index contributed by atoms with van der Waals surface area (Å²) < 4.78 is 0. The quantitative estimate of drug-likeness (QED) is 0.694. The Morgan fingerprint density at radius 3 is 2.23 bits per heavy atom. The summed E-state index contributed by atoms with van der Waals surface area (Å²) in [5.41, 5.74) is 5.56. The van der Waals surface area contributed by atoms with Crippen LogP contribution in [0.2, 0.25) is 0 Å². The van der Waals surface area contributed by atoms with Crippen molar-refractivity contribution in [2.45, 2.75) is 52.6 Å². The molecule has 3 nitrogen and oxygen atoms in total. The second-order valence-electron chi connectivity index (χ2n) is 4.50. The Morgan fingerprint density at radius 1 is 1.46 bits per heavy atom. The van der Waals surface area contributed by atoms with Crippen molar-refractivity contribution in [3.05, 3.63) is 0 Å². The SMILES string of the molecule is CCC(C)(C)NC(=O)[C@H](N)C(C)C. The molecule has 0 aromatic rings. The van der Waals surface area contributed by atoms with Crippen LogP contribution in [0.25, 0.3) is 0 Å². The Kier molecular flexibility index (Phi) is 4.40. The molecule has 0 aromatic carbocycles. The molecule has 0 spiro atoms. The Labute approximate surface area is 81.1 Å². The molecule has 0 aliphatic carbocycles. The van der Waals surface area contributed by atoms with Gasteiger partial charge in [-0.3, -0.25) is 4.79 Å². The van der Waals surface area contributed by atoms with Crippen LogP contribution in [0.4, 0.5) is 0 Å². The number of nitrogens with two attached hydrogens (primary N) is 1. The molecule has 0 aliphatic rings. The molecule has 13 heavy (non-hydrogen) atoms. The van der Waals surface area contributed by atoms with E-state index in [-0.39, 0.29) is 17.4 Å². The van der Waals surface area contributed by atoms with Crippen molar-refractivity contribution in [2.24, 2.45) is 11.7 Å². The first-order chi connectivity index (χ1) is 5.80. The maximum atomic E-state index is 11.5. The van der Waals surface area contributed by atoms with Gasteiger partial charge < -0.3 is 11.1 Å². The van der Waals surface area contributed by atoms with Crippen LogP contribution in [0.1, 0.15) is 41.0 Å². The number of nitrogens with one attached hydrogen (secondary N) is 1. The third-order valence-electron chi connectivity index (χ3n) is 2.37. The smallest absolute Gasteiger partial charge is 0.237 e. The van der Waals surface area contributed by atoms with Crippen LogP contribution < -0.4 is 11.1 Å². The lowest BCUT2D eigenvalue weighted by Gasteiger charge is -2.27. The Bertz CT molecular complexity index is 176. The number of hydrogen-bond donors (Lipinski definition) is 2. The second-order valence-corrected chi connectivity index (χ2v) is 4.50. The van der Waals surface area contributed by atoms with Gasteiger partial charge in [0, 0.05) is 5.54 Å². The summed E-state index contributed by atoms with van der Waals surface area (Å²) in [5, 5.41) is 2.92. The molecular formula is C10H22N2O. The highest BCUT2D eigenvalue weighted by molar-refractivity contribution is 5.82. The van der Waals surface area contributed by atoms with Crippen LogP contribution in [0.15, 0.2) is 0 Å². The van der Waals surface area contributed by atoms with Crippen LogP contribution in [0.3, 0.4) is 0 Å². The first-order valence-corrected chi connectivity index (χ1v) is 4.87. The predicted octanol–water partition coefficient (Wildman–Crippen LogP) is 1.27. The lowest BCUT2D eigenvalue weighted by atomic mass is 9.99. The summed E-state index contributed by atoms with van der Waals surface area (Å²) in [6, 6.07) is -0.397. The second kappa shape index (κ2) is 4.61. The van der Waals surface area contributed by atoms with Gasteiger partial charge >= 0.3 is 0 Å². The molecule has 3 N–H and O–H groups in total. The number of amides is 1. The molecular weight excluding hydrogens is 164 g/mol. The number of carbonyl (C=O) groups excluding carboxylic acids is 1. The molecule has 0 unspecified atom stereocenters. The molecule has 0 heterocycles. The van der Waals surface area contributed by atoms with E-state index in [4.69, 9.17) is 5.73 Å². The van der Waals surface area contributed by atoms with Crippen molar-refractivity contribution in [3.63, 3.8) is 0 Å². The van der Waals surface area contributed by atoms with Gasteiger partial charge in [-0.2, -0.15) is 0 Å². The van der Waals surface area contributed by atoms with Crippen molar-refractivity contribution in [3.8, 4) is 0 Å². The third kappa shape index (κ3) is 4.27. The number of hydrogen-bond acceptors (Lipinski definition) is 2. The zero-order chi connectivity index (χ0) is 10.6. The van der Waals surface area contributed by atoms with Gasteiger partial charge in [0.1, 0.15) is 0 Å². The summed E-state index contributed by atoms with van der Waals surface area (Å²) >= 11 is 0. The number of rotatable bonds is 4. The maximum Gasteiger partial charge on any atom is 0.237 e. The van der Waals surface area contributed by atoms with Crippen LogP contribution >= 0.6 is 0 Å². The molecule has 0 radical (unpaired) electrons. The van der Waals surface area contributed by atoms with Gasteiger partial charge in [0.15, 0.2) is 0 Å². The molecule has 3 heteroatoms. The molecule has 0 rings (SSSR count). The van der Waals surface area contributed by atoms with E-state index >= 15 is 0 Å². The molecule has 0 saturated heterocycles. The molecule has 0 aliphatic heterocycles. The lowest BCUT2D eigenvalue weighted by molar-refractivity contribution is -0.124. The van der Waals surface area contributed by atoms with Gasteiger partial charge in [-0.1, -0.05) is 20.8 Å². The van der Waals surface area contributed by atoms with Gasteiger partial charge in [-0.05, 0) is 26.2 Å². The first kappa shape index (κ1) is 12.4. The summed E-state index contributed by atoms with van der Waals surface area (Å²) in [6.07, 6.45) is 0.906. The topological polar surface area (TPSA) is 55.1 Å². The standard InChI is InChI=1S/C10H22N2O/c1-6-10(4,5)12-9(13)8(11)7(2)3/h7-8H,6,11H2,1-5H3,(H,12,13)/t8-/m1/s1. The fraction of sp³-hybridized carbons (Fsp3) is 0.900. The molecule has 0 saturated carbocycles. The number of carbonyl (C=O) groups is 1. The van der Waals surface area contributed by atoms with E-state index in [1.54, 1.807) is 0 Å². The monoisotopic (exact) mass is 186 g/mol. The summed E-state index contributed by atoms with van der Waals surface area (Å²) in [6.45, 7) is 9.93. The minimum absolute atomic E-state index is 0.0538. The largest absolute Gasteiger partial charge is 0.350 e. The summed E-state index contributed by atoms with van der Waals surface area (Å²) in [5.74, 6) is 0.134. The van der Waals surface area contributed by atoms with Crippen LogP contribution in [-0.4, -0.2) is 17.5 Å². The zero-order valence-electron chi connectivity index (χ0n) is 9.35. The highest BCUT2D eigenvalue weighted by Crippen LogP contribution is 2.08. The Hall–Kier alpha value is -0.570. The van der Waals surface area contributed by atoms with E-state index in [9.17, 15) is 4.79 Å². The van der Waals surface area contributed by atoms with Crippen molar-refractivity contribution in [1.29, 1.82) is 0 Å². The van der Waals surface area contributed by atoms with Crippen molar-refractivity contribution in [1.82, 2.24) is 5.32 Å². The van der Waals surface area contributed by atoms with E-state index in [0.29, 0.717) is 0 Å². The molecule has 1 atom stereocenters. The summed E-state index contributed by atoms with van der Waals surface area (Å²) in [7, 11) is 0. The van der Waals surface area contributed by atoms with Gasteiger partial charge in [0.25, 0.3) is 0 Å². The first-order valence-electron chi connectivity index (χ1n) is 4.87. The maximum absolute atomic E-state index is 11.5. The van der Waals surface area contributed by atoms with E-state index in [1.165, 1.54) is 0 Å². The highest BCUT2D eigenvalue weighted by atomic mass is 16.2. The molecule has 0 aromatic heterocycles. The third-order valence-corrected chi connectivity index (χ3v) is 2.37. The average Bonchev–Trinajstić information content (AvgIpc) is 2.02. The van der Waals surface area contributed by atoms with E-state index in [1.807, 2.05) is 34.6 Å². The van der Waals surface area contributed by atoms with Gasteiger partial charge in [-0.25, -0.2) is 0 Å². The van der Waals surface area contributed by atoms with E-state index in [0.717, 1.165) is 6.42 Å². The minimum atomic E-state index is -0.397. The lowest BCUT2D eigenvalue weighted by Crippen LogP contribution is -2.51. The van der Waals surface area contributed by atoms with Gasteiger partial charge in [0.2, 0.25) is 5.91 Å². The fourth-order valence-corrected chi connectivity index (χ4v) is 0.808. The molecule has 78 valence electrons. The molecule has 0 fully saturated rings. The van der Waals surface area contributed by atoms with Crippen LogP contribution in [-0.2, 0) is 4.79 Å². The molecule has 0 bridgehead atoms. The van der Waals surface area contributed by atoms with Gasteiger partial charge in [0.05, 0.1) is 6.04 Å². The summed E-state index contributed by atoms with van der Waals surface area (Å²) in [4.78, 5) is 11.5. The van der Waals surface area contributed by atoms with Crippen molar-refractivity contribution >= 4 is 5.91 Å². The Morgan fingerprint density at radius 2 is 1.92 bits per heavy atom. The van der Waals surface area contributed by atoms with Gasteiger partial charge in [-0.15, -0.1) is 0 Å². The van der Waals surface area contributed by atoms with Crippen LogP contribution in [0.5, 0.6) is 0 Å². The molecule has 1 amide bonds. The predicted molar refractivity (Wildman–Crippen MR) is 55.3 cm³/mol. The minimum Gasteiger partial charge on any atom is -0.350 e. The average molecular weight is 186 g/mol. The van der Waals surface area contributed by atoms with E-state index in [2.05, 4.69) is 5.32 Å². The Balaban J connectivity index is 4.15.